The molecule has 0 aliphatic carbocycles. The van der Waals surface area contributed by atoms with Crippen molar-refractivity contribution in [3.63, 3.8) is 0 Å². The molecule has 1 saturated heterocycles. The van der Waals surface area contributed by atoms with Crippen LogP contribution in [0.2, 0.25) is 5.02 Å². The lowest BCUT2D eigenvalue weighted by Crippen LogP contribution is -2.49. The number of pyridine rings is 1. The quantitative estimate of drug-likeness (QED) is 0.763. The summed E-state index contributed by atoms with van der Waals surface area (Å²) in [4.78, 5) is 20.8. The van der Waals surface area contributed by atoms with Crippen molar-refractivity contribution >= 4 is 34.2 Å². The lowest BCUT2D eigenvalue weighted by atomic mass is 10.2. The standard InChI is InChI=1S/C18H18ClN5O2/c19-14-4-3-13(10-17(14)25)22-6-8-23(9-7-22)18(26)12-24-16-2-1-5-20-15(16)11-21-24/h1-5,10-11,25H,6-9,12H2. The number of hydrogen-bond donors (Lipinski definition) is 1. The number of nitrogens with zero attached hydrogens (tertiary/aromatic N) is 5. The van der Waals surface area contributed by atoms with Gasteiger partial charge in [0.25, 0.3) is 0 Å². The van der Waals surface area contributed by atoms with Gasteiger partial charge in [-0.05, 0) is 24.3 Å². The number of anilines is 1. The topological polar surface area (TPSA) is 74.5 Å². The summed E-state index contributed by atoms with van der Waals surface area (Å²) in [6.07, 6.45) is 3.39. The molecule has 1 aromatic carbocycles. The van der Waals surface area contributed by atoms with Crippen molar-refractivity contribution in [3.05, 3.63) is 47.7 Å². The van der Waals surface area contributed by atoms with E-state index in [2.05, 4.69) is 15.0 Å². The normalized spacial score (nSPS) is 14.8. The molecule has 1 N–H and O–H groups in total. The first-order valence-corrected chi connectivity index (χ1v) is 8.77. The molecule has 1 aliphatic heterocycles. The molecule has 7 nitrogen and oxygen atoms in total. The van der Waals surface area contributed by atoms with Gasteiger partial charge in [0.2, 0.25) is 5.91 Å². The van der Waals surface area contributed by atoms with Crippen molar-refractivity contribution in [1.82, 2.24) is 19.7 Å². The molecule has 8 heteroatoms. The zero-order chi connectivity index (χ0) is 18.1. The number of carbonyl (C=O) groups excluding carboxylic acids is 1. The first-order valence-electron chi connectivity index (χ1n) is 8.39. The number of amides is 1. The third kappa shape index (κ3) is 3.17. The van der Waals surface area contributed by atoms with Gasteiger partial charge in [-0.3, -0.25) is 14.5 Å². The SMILES string of the molecule is O=C(Cn1ncc2ncccc21)N1CCN(c2ccc(Cl)c(O)c2)CC1. The first kappa shape index (κ1) is 16.7. The van der Waals surface area contributed by atoms with E-state index < -0.39 is 0 Å². The zero-order valence-electron chi connectivity index (χ0n) is 14.0. The second kappa shape index (κ2) is 6.84. The highest BCUT2D eigenvalue weighted by molar-refractivity contribution is 6.32. The van der Waals surface area contributed by atoms with Crippen molar-refractivity contribution in [2.24, 2.45) is 0 Å². The molecule has 0 bridgehead atoms. The minimum absolute atomic E-state index is 0.0393. The fraction of sp³-hybridized carbons (Fsp3) is 0.278. The Labute approximate surface area is 155 Å². The number of carbonyl (C=O) groups is 1. The number of rotatable bonds is 3. The Hall–Kier alpha value is -2.80. The summed E-state index contributed by atoms with van der Waals surface area (Å²) in [7, 11) is 0. The molecular weight excluding hydrogens is 354 g/mol. The van der Waals surface area contributed by atoms with Crippen LogP contribution in [0.25, 0.3) is 11.0 Å². The monoisotopic (exact) mass is 371 g/mol. The molecule has 0 unspecified atom stereocenters. The van der Waals surface area contributed by atoms with Gasteiger partial charge in [0.15, 0.2) is 0 Å². The summed E-state index contributed by atoms with van der Waals surface area (Å²) in [6, 6.07) is 8.96. The van der Waals surface area contributed by atoms with Gasteiger partial charge in [0.05, 0.1) is 16.7 Å². The van der Waals surface area contributed by atoms with E-state index in [1.807, 2.05) is 23.1 Å². The highest BCUT2D eigenvalue weighted by atomic mass is 35.5. The fourth-order valence-electron chi connectivity index (χ4n) is 3.18. The fourth-order valence-corrected chi connectivity index (χ4v) is 3.30. The van der Waals surface area contributed by atoms with E-state index in [1.54, 1.807) is 29.2 Å². The van der Waals surface area contributed by atoms with Crippen LogP contribution in [0.1, 0.15) is 0 Å². The van der Waals surface area contributed by atoms with Crippen molar-refractivity contribution < 1.29 is 9.90 Å². The van der Waals surface area contributed by atoms with Gasteiger partial charge in [-0.25, -0.2) is 0 Å². The minimum Gasteiger partial charge on any atom is -0.506 e. The van der Waals surface area contributed by atoms with Crippen LogP contribution < -0.4 is 4.90 Å². The molecule has 1 amide bonds. The maximum atomic E-state index is 12.6. The summed E-state index contributed by atoms with van der Waals surface area (Å²) in [5, 5.41) is 14.4. The van der Waals surface area contributed by atoms with Gasteiger partial charge in [-0.1, -0.05) is 11.6 Å². The number of fused-ring (bicyclic) bond motifs is 1. The summed E-state index contributed by atoms with van der Waals surface area (Å²) in [5.41, 5.74) is 2.55. The highest BCUT2D eigenvalue weighted by Gasteiger charge is 2.22. The number of hydrogen-bond acceptors (Lipinski definition) is 5. The van der Waals surface area contributed by atoms with Crippen molar-refractivity contribution in [1.29, 1.82) is 0 Å². The summed E-state index contributed by atoms with van der Waals surface area (Å²) < 4.78 is 1.69. The number of aromatic hydroxyl groups is 1. The van der Waals surface area contributed by atoms with Crippen molar-refractivity contribution in [2.75, 3.05) is 31.1 Å². The second-order valence-electron chi connectivity index (χ2n) is 6.21. The van der Waals surface area contributed by atoms with E-state index in [-0.39, 0.29) is 18.2 Å². The molecule has 0 atom stereocenters. The molecular formula is C18H18ClN5O2. The molecule has 134 valence electrons. The lowest BCUT2D eigenvalue weighted by Gasteiger charge is -2.36. The maximum absolute atomic E-state index is 12.6. The highest BCUT2D eigenvalue weighted by Crippen LogP contribution is 2.28. The Morgan fingerprint density at radius 1 is 1.19 bits per heavy atom. The Morgan fingerprint density at radius 2 is 2.00 bits per heavy atom. The Bertz CT molecular complexity index is 950. The number of piperazine rings is 1. The van der Waals surface area contributed by atoms with Crippen molar-refractivity contribution in [3.8, 4) is 5.75 Å². The van der Waals surface area contributed by atoms with Gasteiger partial charge in [0.1, 0.15) is 17.8 Å². The smallest absolute Gasteiger partial charge is 0.244 e. The summed E-state index contributed by atoms with van der Waals surface area (Å²) >= 11 is 5.86. The summed E-state index contributed by atoms with van der Waals surface area (Å²) in [6.45, 7) is 2.86. The van der Waals surface area contributed by atoms with E-state index in [0.29, 0.717) is 31.2 Å². The van der Waals surface area contributed by atoms with Crippen LogP contribution in [-0.4, -0.2) is 56.9 Å². The molecule has 0 saturated carbocycles. The van der Waals surface area contributed by atoms with Crippen LogP contribution in [0, 0.1) is 0 Å². The van der Waals surface area contributed by atoms with Gasteiger partial charge >= 0.3 is 0 Å². The van der Waals surface area contributed by atoms with Crippen LogP contribution in [0.3, 0.4) is 0 Å². The Balaban J connectivity index is 1.39. The van der Waals surface area contributed by atoms with Crippen LogP contribution in [0.5, 0.6) is 5.75 Å². The number of phenolic OH excluding ortho intramolecular Hbond substituents is 1. The van der Waals surface area contributed by atoms with Crippen molar-refractivity contribution in [2.45, 2.75) is 6.54 Å². The molecule has 0 radical (unpaired) electrons. The van der Waals surface area contributed by atoms with E-state index in [1.165, 1.54) is 0 Å². The molecule has 1 aliphatic rings. The Kier molecular flexibility index (Phi) is 4.38. The third-order valence-corrected chi connectivity index (χ3v) is 4.95. The van der Waals surface area contributed by atoms with E-state index in [0.717, 1.165) is 16.7 Å². The predicted octanol–water partition coefficient (Wildman–Crippen LogP) is 2.14. The maximum Gasteiger partial charge on any atom is 0.244 e. The van der Waals surface area contributed by atoms with E-state index >= 15 is 0 Å². The van der Waals surface area contributed by atoms with Gasteiger partial charge in [0, 0.05) is 44.1 Å². The largest absolute Gasteiger partial charge is 0.506 e. The number of phenols is 1. The molecule has 2 aromatic heterocycles. The molecule has 1 fully saturated rings. The molecule has 26 heavy (non-hydrogen) atoms. The van der Waals surface area contributed by atoms with Gasteiger partial charge in [-0.2, -0.15) is 5.10 Å². The number of aromatic nitrogens is 3. The van der Waals surface area contributed by atoms with Crippen LogP contribution in [-0.2, 0) is 11.3 Å². The zero-order valence-corrected chi connectivity index (χ0v) is 14.8. The Morgan fingerprint density at radius 3 is 2.77 bits per heavy atom. The van der Waals surface area contributed by atoms with Gasteiger partial charge < -0.3 is 14.9 Å². The molecule has 3 heterocycles. The average molecular weight is 372 g/mol. The number of benzene rings is 1. The second-order valence-corrected chi connectivity index (χ2v) is 6.62. The van der Waals surface area contributed by atoms with Gasteiger partial charge in [-0.15, -0.1) is 0 Å². The predicted molar refractivity (Wildman–Crippen MR) is 99.4 cm³/mol. The van der Waals surface area contributed by atoms with Crippen LogP contribution in [0.4, 0.5) is 5.69 Å². The molecule has 3 aromatic rings. The minimum atomic E-state index is 0.0393. The first-order chi connectivity index (χ1) is 12.6. The summed E-state index contributed by atoms with van der Waals surface area (Å²) in [5.74, 6) is 0.110. The van der Waals surface area contributed by atoms with Crippen LogP contribution in [0.15, 0.2) is 42.7 Å². The average Bonchev–Trinajstić information content (AvgIpc) is 3.07. The lowest BCUT2D eigenvalue weighted by molar-refractivity contribution is -0.132. The third-order valence-electron chi connectivity index (χ3n) is 4.63. The van der Waals surface area contributed by atoms with E-state index in [4.69, 9.17) is 11.6 Å². The van der Waals surface area contributed by atoms with Crippen LogP contribution >= 0.6 is 11.6 Å². The molecule has 4 rings (SSSR count). The molecule has 0 spiro atoms. The van der Waals surface area contributed by atoms with E-state index in [9.17, 15) is 9.90 Å². The number of halogens is 1.